The molecule has 1 aliphatic heterocycles. The lowest BCUT2D eigenvalue weighted by atomic mass is 9.86. The number of H-pyrrole nitrogens is 1. The van der Waals surface area contributed by atoms with Crippen LogP contribution in [0.25, 0.3) is 0 Å². The molecule has 4 heteroatoms. The van der Waals surface area contributed by atoms with E-state index in [0.29, 0.717) is 6.54 Å². The molecule has 4 nitrogen and oxygen atoms in total. The standard InChI is InChI=1S/C10H17N3O/c11-5-10(7-14-8-10)6-13-4-9-1-2-12-3-9/h1-3,12-13H,4-8,11H2. The van der Waals surface area contributed by atoms with E-state index in [1.165, 1.54) is 5.56 Å². The molecule has 0 spiro atoms. The Bertz CT molecular complexity index is 261. The molecule has 78 valence electrons. The average molecular weight is 195 g/mol. The molecule has 0 amide bonds. The van der Waals surface area contributed by atoms with Crippen molar-refractivity contribution < 1.29 is 4.74 Å². The molecule has 0 bridgehead atoms. The fourth-order valence-electron chi connectivity index (χ4n) is 1.62. The predicted molar refractivity (Wildman–Crippen MR) is 54.8 cm³/mol. The Morgan fingerprint density at radius 3 is 2.93 bits per heavy atom. The zero-order valence-electron chi connectivity index (χ0n) is 8.25. The van der Waals surface area contributed by atoms with Crippen molar-refractivity contribution in [1.82, 2.24) is 10.3 Å². The van der Waals surface area contributed by atoms with Crippen LogP contribution in [-0.2, 0) is 11.3 Å². The van der Waals surface area contributed by atoms with Gasteiger partial charge < -0.3 is 20.8 Å². The molecule has 1 aromatic heterocycles. The number of nitrogens with one attached hydrogen (secondary N) is 2. The monoisotopic (exact) mass is 195 g/mol. The molecule has 0 radical (unpaired) electrons. The van der Waals surface area contributed by atoms with Crippen molar-refractivity contribution in [2.45, 2.75) is 6.54 Å². The van der Waals surface area contributed by atoms with Crippen LogP contribution in [0.1, 0.15) is 5.56 Å². The normalized spacial score (nSPS) is 19.2. The molecule has 0 unspecified atom stereocenters. The van der Waals surface area contributed by atoms with E-state index in [1.54, 1.807) is 0 Å². The summed E-state index contributed by atoms with van der Waals surface area (Å²) >= 11 is 0. The summed E-state index contributed by atoms with van der Waals surface area (Å²) in [5.74, 6) is 0. The minimum Gasteiger partial charge on any atom is -0.380 e. The van der Waals surface area contributed by atoms with Gasteiger partial charge in [-0.2, -0.15) is 0 Å². The zero-order chi connectivity index (χ0) is 9.86. The second-order valence-electron chi connectivity index (χ2n) is 4.02. The summed E-state index contributed by atoms with van der Waals surface area (Å²) in [6.07, 6.45) is 3.93. The van der Waals surface area contributed by atoms with Crippen LogP contribution in [0.3, 0.4) is 0 Å². The van der Waals surface area contributed by atoms with E-state index in [9.17, 15) is 0 Å². The third kappa shape index (κ3) is 1.97. The third-order valence-corrected chi connectivity index (χ3v) is 2.74. The first-order chi connectivity index (χ1) is 6.85. The van der Waals surface area contributed by atoms with E-state index < -0.39 is 0 Å². The average Bonchev–Trinajstić information content (AvgIpc) is 2.62. The number of ether oxygens (including phenoxy) is 1. The van der Waals surface area contributed by atoms with Gasteiger partial charge in [0.15, 0.2) is 0 Å². The minimum atomic E-state index is 0.191. The van der Waals surface area contributed by atoms with Gasteiger partial charge in [-0.15, -0.1) is 0 Å². The molecular formula is C10H17N3O. The van der Waals surface area contributed by atoms with Gasteiger partial charge >= 0.3 is 0 Å². The minimum absolute atomic E-state index is 0.191. The Kier molecular flexibility index (Phi) is 2.86. The molecule has 1 aromatic rings. The Hall–Kier alpha value is -0.840. The summed E-state index contributed by atoms with van der Waals surface area (Å²) in [7, 11) is 0. The van der Waals surface area contributed by atoms with Gasteiger partial charge in [0.25, 0.3) is 0 Å². The first-order valence-corrected chi connectivity index (χ1v) is 4.95. The molecule has 1 aliphatic rings. The highest BCUT2D eigenvalue weighted by atomic mass is 16.5. The molecule has 1 saturated heterocycles. The zero-order valence-corrected chi connectivity index (χ0v) is 8.25. The van der Waals surface area contributed by atoms with Gasteiger partial charge in [-0.25, -0.2) is 0 Å². The predicted octanol–water partition coefficient (Wildman–Crippen LogP) is 0.0796. The molecule has 1 fully saturated rings. The van der Waals surface area contributed by atoms with Crippen LogP contribution in [0, 0.1) is 5.41 Å². The molecule has 0 atom stereocenters. The molecule has 2 rings (SSSR count). The highest BCUT2D eigenvalue weighted by Crippen LogP contribution is 2.24. The van der Waals surface area contributed by atoms with Crippen molar-refractivity contribution >= 4 is 0 Å². The molecule has 0 aromatic carbocycles. The largest absolute Gasteiger partial charge is 0.380 e. The fourth-order valence-corrected chi connectivity index (χ4v) is 1.62. The second kappa shape index (κ2) is 4.13. The molecule has 0 saturated carbocycles. The van der Waals surface area contributed by atoms with Crippen LogP contribution in [-0.4, -0.2) is 31.3 Å². The Balaban J connectivity index is 1.72. The molecular weight excluding hydrogens is 178 g/mol. The lowest BCUT2D eigenvalue weighted by Crippen LogP contribution is -2.54. The van der Waals surface area contributed by atoms with Gasteiger partial charge in [-0.3, -0.25) is 0 Å². The van der Waals surface area contributed by atoms with Crippen molar-refractivity contribution in [3.63, 3.8) is 0 Å². The number of aromatic amines is 1. The maximum Gasteiger partial charge on any atom is 0.0569 e. The van der Waals surface area contributed by atoms with Gasteiger partial charge in [-0.1, -0.05) is 0 Å². The smallest absolute Gasteiger partial charge is 0.0569 e. The molecule has 0 aliphatic carbocycles. The van der Waals surface area contributed by atoms with Crippen LogP contribution in [0.4, 0.5) is 0 Å². The number of rotatable bonds is 5. The van der Waals surface area contributed by atoms with Crippen LogP contribution >= 0.6 is 0 Å². The van der Waals surface area contributed by atoms with Crippen molar-refractivity contribution in [2.75, 3.05) is 26.3 Å². The Morgan fingerprint density at radius 1 is 1.57 bits per heavy atom. The highest BCUT2D eigenvalue weighted by Gasteiger charge is 2.36. The van der Waals surface area contributed by atoms with Crippen LogP contribution in [0.5, 0.6) is 0 Å². The van der Waals surface area contributed by atoms with E-state index in [2.05, 4.69) is 16.4 Å². The van der Waals surface area contributed by atoms with E-state index in [4.69, 9.17) is 10.5 Å². The van der Waals surface area contributed by atoms with Gasteiger partial charge in [-0.05, 0) is 11.6 Å². The highest BCUT2D eigenvalue weighted by molar-refractivity contribution is 5.07. The number of hydrogen-bond donors (Lipinski definition) is 3. The second-order valence-corrected chi connectivity index (χ2v) is 4.02. The van der Waals surface area contributed by atoms with E-state index in [0.717, 1.165) is 26.3 Å². The van der Waals surface area contributed by atoms with Crippen LogP contribution < -0.4 is 11.1 Å². The van der Waals surface area contributed by atoms with Gasteiger partial charge in [0.05, 0.1) is 13.2 Å². The summed E-state index contributed by atoms with van der Waals surface area (Å²) in [5, 5.41) is 3.40. The lowest BCUT2D eigenvalue weighted by Gasteiger charge is -2.40. The van der Waals surface area contributed by atoms with E-state index in [-0.39, 0.29) is 5.41 Å². The summed E-state index contributed by atoms with van der Waals surface area (Å²) in [6.45, 7) is 4.13. The van der Waals surface area contributed by atoms with Gasteiger partial charge in [0.2, 0.25) is 0 Å². The van der Waals surface area contributed by atoms with Crippen molar-refractivity contribution in [1.29, 1.82) is 0 Å². The van der Waals surface area contributed by atoms with Crippen molar-refractivity contribution in [3.05, 3.63) is 24.0 Å². The summed E-state index contributed by atoms with van der Waals surface area (Å²) in [4.78, 5) is 3.03. The number of aromatic nitrogens is 1. The third-order valence-electron chi connectivity index (χ3n) is 2.74. The SMILES string of the molecule is NCC1(CNCc2cc[nH]c2)COC1. The van der Waals surface area contributed by atoms with Gasteiger partial charge in [0, 0.05) is 37.4 Å². The molecule has 2 heterocycles. The Morgan fingerprint density at radius 2 is 2.43 bits per heavy atom. The van der Waals surface area contributed by atoms with Crippen LogP contribution in [0.15, 0.2) is 18.5 Å². The fraction of sp³-hybridized carbons (Fsp3) is 0.600. The summed E-state index contributed by atoms with van der Waals surface area (Å²) in [6, 6.07) is 2.07. The number of hydrogen-bond acceptors (Lipinski definition) is 3. The number of nitrogens with two attached hydrogens (primary N) is 1. The summed E-state index contributed by atoms with van der Waals surface area (Å²) < 4.78 is 5.19. The maximum absolute atomic E-state index is 5.70. The Labute approximate surface area is 83.8 Å². The van der Waals surface area contributed by atoms with E-state index >= 15 is 0 Å². The maximum atomic E-state index is 5.70. The quantitative estimate of drug-likeness (QED) is 0.623. The van der Waals surface area contributed by atoms with Crippen molar-refractivity contribution in [3.8, 4) is 0 Å². The van der Waals surface area contributed by atoms with Crippen molar-refractivity contribution in [2.24, 2.45) is 11.1 Å². The first kappa shape index (κ1) is 9.71. The lowest BCUT2D eigenvalue weighted by molar-refractivity contribution is -0.105. The molecule has 4 N–H and O–H groups in total. The van der Waals surface area contributed by atoms with Crippen LogP contribution in [0.2, 0.25) is 0 Å². The van der Waals surface area contributed by atoms with E-state index in [1.807, 2.05) is 12.4 Å². The molecule has 14 heavy (non-hydrogen) atoms. The van der Waals surface area contributed by atoms with Gasteiger partial charge in [0.1, 0.15) is 0 Å². The topological polar surface area (TPSA) is 63.1 Å². The first-order valence-electron chi connectivity index (χ1n) is 4.95. The summed E-state index contributed by atoms with van der Waals surface area (Å²) in [5.41, 5.74) is 7.17.